The van der Waals surface area contributed by atoms with E-state index in [0.717, 1.165) is 33.8 Å². The number of hydrogen-bond acceptors (Lipinski definition) is 7. The van der Waals surface area contributed by atoms with Crippen LogP contribution in [-0.2, 0) is 16.8 Å². The summed E-state index contributed by atoms with van der Waals surface area (Å²) in [7, 11) is -2.10. The molecule has 1 aromatic heterocycles. The van der Waals surface area contributed by atoms with Crippen molar-refractivity contribution in [2.75, 3.05) is 17.7 Å². The first-order chi connectivity index (χ1) is 14.6. The number of nitrogens with zero attached hydrogens (tertiary/aromatic N) is 2. The largest absolute Gasteiger partial charge is 0.496 e. The Bertz CT molecular complexity index is 1160. The molecule has 0 radical (unpaired) electrons. The van der Waals surface area contributed by atoms with E-state index in [4.69, 9.17) is 21.5 Å². The smallest absolute Gasteiger partial charge is 0.274 e. The average Bonchev–Trinajstić information content (AvgIpc) is 2.69. The molecule has 1 heterocycles. The van der Waals surface area contributed by atoms with Gasteiger partial charge in [-0.05, 0) is 54.8 Å². The number of aromatic nitrogens is 2. The van der Waals surface area contributed by atoms with Crippen molar-refractivity contribution < 1.29 is 13.2 Å². The molecule has 0 aliphatic carbocycles. The Morgan fingerprint density at radius 3 is 2.29 bits per heavy atom. The topological polar surface area (TPSA) is 131 Å². The summed E-state index contributed by atoms with van der Waals surface area (Å²) in [5.74, 6) is 1.65. The van der Waals surface area contributed by atoms with Gasteiger partial charge in [0.05, 0.1) is 13.3 Å². The lowest BCUT2D eigenvalue weighted by Gasteiger charge is -2.13. The van der Waals surface area contributed by atoms with E-state index in [2.05, 4.69) is 25.3 Å². The van der Waals surface area contributed by atoms with Crippen LogP contribution in [0.1, 0.15) is 16.7 Å². The van der Waals surface area contributed by atoms with Gasteiger partial charge < -0.3 is 15.4 Å². The van der Waals surface area contributed by atoms with Crippen molar-refractivity contribution in [3.8, 4) is 5.75 Å². The van der Waals surface area contributed by atoms with Crippen LogP contribution >= 0.6 is 11.6 Å². The van der Waals surface area contributed by atoms with Gasteiger partial charge in [-0.3, -0.25) is 0 Å². The zero-order valence-electron chi connectivity index (χ0n) is 17.2. The molecule has 3 aromatic rings. The lowest BCUT2D eigenvalue weighted by atomic mass is 10.1. The van der Waals surface area contributed by atoms with Crippen molar-refractivity contribution in [3.05, 3.63) is 64.3 Å². The van der Waals surface area contributed by atoms with E-state index >= 15 is 0 Å². The molecule has 2 aromatic carbocycles. The summed E-state index contributed by atoms with van der Waals surface area (Å²) in [5, 5.41) is 11.6. The van der Waals surface area contributed by atoms with Crippen LogP contribution in [0.4, 0.5) is 23.1 Å². The fourth-order valence-electron chi connectivity index (χ4n) is 3.02. The highest BCUT2D eigenvalue weighted by molar-refractivity contribution is 7.87. The molecular formula is C20H23ClN6O3S. The quantitative estimate of drug-likeness (QED) is 0.402. The van der Waals surface area contributed by atoms with Gasteiger partial charge >= 0.3 is 0 Å². The minimum atomic E-state index is -3.74. The number of anilines is 4. The van der Waals surface area contributed by atoms with Crippen molar-refractivity contribution in [2.24, 2.45) is 5.14 Å². The van der Waals surface area contributed by atoms with Crippen LogP contribution in [0.25, 0.3) is 0 Å². The number of nitrogens with one attached hydrogen (secondary N) is 3. The molecule has 0 fully saturated rings. The Morgan fingerprint density at radius 1 is 1.06 bits per heavy atom. The highest BCUT2D eigenvalue weighted by atomic mass is 35.5. The lowest BCUT2D eigenvalue weighted by molar-refractivity contribution is 0.408. The first-order valence-corrected chi connectivity index (χ1v) is 11.1. The fraction of sp³-hybridized carbons (Fsp3) is 0.200. The predicted molar refractivity (Wildman–Crippen MR) is 122 cm³/mol. The molecule has 0 amide bonds. The summed E-state index contributed by atoms with van der Waals surface area (Å²) < 4.78 is 29.6. The normalized spacial score (nSPS) is 11.3. The molecule has 164 valence electrons. The van der Waals surface area contributed by atoms with Gasteiger partial charge in [0.25, 0.3) is 10.2 Å². The predicted octanol–water partition coefficient (Wildman–Crippen LogP) is 3.54. The molecule has 31 heavy (non-hydrogen) atoms. The van der Waals surface area contributed by atoms with E-state index in [-0.39, 0.29) is 6.54 Å². The van der Waals surface area contributed by atoms with Crippen molar-refractivity contribution in [1.82, 2.24) is 14.7 Å². The molecule has 5 N–H and O–H groups in total. The maximum Gasteiger partial charge on any atom is 0.274 e. The monoisotopic (exact) mass is 462 g/mol. The van der Waals surface area contributed by atoms with E-state index in [0.29, 0.717) is 16.8 Å². The molecule has 0 spiro atoms. The molecule has 0 atom stereocenters. The first-order valence-electron chi connectivity index (χ1n) is 9.23. The number of methoxy groups -OCH3 is 1. The van der Waals surface area contributed by atoms with Crippen molar-refractivity contribution in [3.63, 3.8) is 0 Å². The maximum atomic E-state index is 11.0. The van der Waals surface area contributed by atoms with Crippen molar-refractivity contribution >= 4 is 45.0 Å². The van der Waals surface area contributed by atoms with Crippen LogP contribution in [0.3, 0.4) is 0 Å². The second-order valence-corrected chi connectivity index (χ2v) is 8.63. The molecular weight excluding hydrogens is 440 g/mol. The van der Waals surface area contributed by atoms with Crippen LogP contribution in [0.2, 0.25) is 5.02 Å². The van der Waals surface area contributed by atoms with Gasteiger partial charge in [0.1, 0.15) is 10.8 Å². The molecule has 3 rings (SSSR count). The summed E-state index contributed by atoms with van der Waals surface area (Å²) in [6, 6.07) is 11.0. The van der Waals surface area contributed by atoms with E-state index < -0.39 is 10.2 Å². The Kier molecular flexibility index (Phi) is 6.96. The standard InChI is InChI=1S/C20H23ClN6O3S/c1-12-8-16(9-13(2)18(12)30-3)26-20-23-11-17(21)19(27-20)25-15-6-4-14(5-7-15)10-24-31(22,28)29/h4-9,11,24H,10H2,1-3H3,(H2,22,28,29)(H2,23,25,26,27). The Hall–Kier alpha value is -2.92. The second-order valence-electron chi connectivity index (χ2n) is 6.85. The first kappa shape index (κ1) is 22.8. The van der Waals surface area contributed by atoms with Crippen LogP contribution in [0.15, 0.2) is 42.6 Å². The molecule has 0 bridgehead atoms. The van der Waals surface area contributed by atoms with Crippen LogP contribution < -0.4 is 25.2 Å². The molecule has 0 aliphatic heterocycles. The zero-order valence-corrected chi connectivity index (χ0v) is 18.8. The summed E-state index contributed by atoms with van der Waals surface area (Å²) in [6.45, 7) is 4.03. The van der Waals surface area contributed by atoms with Gasteiger partial charge in [-0.2, -0.15) is 18.1 Å². The van der Waals surface area contributed by atoms with Crippen LogP contribution in [0, 0.1) is 13.8 Å². The van der Waals surface area contributed by atoms with E-state index in [1.807, 2.05) is 26.0 Å². The summed E-state index contributed by atoms with van der Waals surface area (Å²) in [4.78, 5) is 8.69. The van der Waals surface area contributed by atoms with Gasteiger partial charge in [0.2, 0.25) is 5.95 Å². The lowest BCUT2D eigenvalue weighted by Crippen LogP contribution is -2.30. The number of ether oxygens (including phenoxy) is 1. The van der Waals surface area contributed by atoms with Gasteiger partial charge in [-0.15, -0.1) is 0 Å². The highest BCUT2D eigenvalue weighted by Crippen LogP contribution is 2.29. The van der Waals surface area contributed by atoms with E-state index in [1.165, 1.54) is 6.20 Å². The number of hydrogen-bond donors (Lipinski definition) is 4. The summed E-state index contributed by atoms with van der Waals surface area (Å²) in [6.07, 6.45) is 1.51. The number of rotatable bonds is 8. The summed E-state index contributed by atoms with van der Waals surface area (Å²) in [5.41, 5.74) is 4.29. The fourth-order valence-corrected chi connectivity index (χ4v) is 3.52. The SMILES string of the molecule is COc1c(C)cc(Nc2ncc(Cl)c(Nc3ccc(CNS(N)(=O)=O)cc3)n2)cc1C. The Balaban J connectivity index is 1.74. The maximum absolute atomic E-state index is 11.0. The van der Waals surface area contributed by atoms with Gasteiger partial charge in [-0.25, -0.2) is 10.1 Å². The number of nitrogens with two attached hydrogens (primary N) is 1. The molecule has 9 nitrogen and oxygen atoms in total. The third kappa shape index (κ3) is 6.28. The molecule has 0 saturated carbocycles. The molecule has 11 heteroatoms. The van der Waals surface area contributed by atoms with Gasteiger partial charge in [0.15, 0.2) is 5.82 Å². The van der Waals surface area contributed by atoms with Crippen LogP contribution in [0.5, 0.6) is 5.75 Å². The Morgan fingerprint density at radius 2 is 1.71 bits per heavy atom. The average molecular weight is 463 g/mol. The van der Waals surface area contributed by atoms with Crippen molar-refractivity contribution in [1.29, 1.82) is 0 Å². The third-order valence-corrected chi connectivity index (χ3v) is 5.18. The van der Waals surface area contributed by atoms with E-state index in [1.54, 1.807) is 31.4 Å². The number of halogens is 1. The van der Waals surface area contributed by atoms with E-state index in [9.17, 15) is 8.42 Å². The minimum absolute atomic E-state index is 0.0993. The molecule has 0 unspecified atom stereocenters. The highest BCUT2D eigenvalue weighted by Gasteiger charge is 2.10. The Labute approximate surface area is 186 Å². The third-order valence-electron chi connectivity index (χ3n) is 4.36. The molecule has 0 aliphatic rings. The zero-order chi connectivity index (χ0) is 22.6. The number of aryl methyl sites for hydroxylation is 2. The second kappa shape index (κ2) is 9.48. The van der Waals surface area contributed by atoms with Crippen LogP contribution in [-0.4, -0.2) is 25.5 Å². The minimum Gasteiger partial charge on any atom is -0.496 e. The van der Waals surface area contributed by atoms with Crippen molar-refractivity contribution in [2.45, 2.75) is 20.4 Å². The molecule has 0 saturated heterocycles. The summed E-state index contributed by atoms with van der Waals surface area (Å²) >= 11 is 6.25. The number of benzene rings is 2. The van der Waals surface area contributed by atoms with Gasteiger partial charge in [-0.1, -0.05) is 23.7 Å². The van der Waals surface area contributed by atoms with Gasteiger partial charge in [0, 0.05) is 17.9 Å².